The highest BCUT2D eigenvalue weighted by molar-refractivity contribution is 5.96. The predicted octanol–water partition coefficient (Wildman–Crippen LogP) is 1.67. The van der Waals surface area contributed by atoms with Gasteiger partial charge in [0.15, 0.2) is 6.04 Å². The van der Waals surface area contributed by atoms with Crippen molar-refractivity contribution >= 4 is 11.9 Å². The van der Waals surface area contributed by atoms with Crippen LogP contribution in [-0.4, -0.2) is 42.9 Å². The number of benzene rings is 1. The highest BCUT2D eigenvalue weighted by Gasteiger charge is 2.21. The molecule has 1 amide bonds. The summed E-state index contributed by atoms with van der Waals surface area (Å²) in [5, 5.41) is 11.2. The van der Waals surface area contributed by atoms with E-state index in [9.17, 15) is 18.4 Å². The van der Waals surface area contributed by atoms with E-state index in [1.165, 1.54) is 24.3 Å². The molecule has 0 saturated heterocycles. The number of rotatable bonds is 9. The number of alkyl halides is 2. The molecule has 0 aliphatic heterocycles. The normalized spacial score (nSPS) is 11.8. The Hall–Kier alpha value is -2.48. The van der Waals surface area contributed by atoms with Gasteiger partial charge >= 0.3 is 12.6 Å². The number of nitrogens with one attached hydrogen (secondary N) is 1. The summed E-state index contributed by atoms with van der Waals surface area (Å²) in [5.41, 5.74) is -0.00637. The Morgan fingerprint density at radius 3 is 2.73 bits per heavy atom. The van der Waals surface area contributed by atoms with Crippen LogP contribution in [0, 0.1) is 0 Å². The van der Waals surface area contributed by atoms with E-state index >= 15 is 0 Å². The molecule has 0 radical (unpaired) electrons. The molecule has 0 aliphatic carbocycles. The summed E-state index contributed by atoms with van der Waals surface area (Å²) in [7, 11) is 0. The zero-order chi connectivity index (χ0) is 16.5. The zero-order valence-electron chi connectivity index (χ0n) is 11.5. The average Bonchev–Trinajstić information content (AvgIpc) is 2.45. The number of carbonyl (C=O) groups excluding carboxylic acids is 1. The van der Waals surface area contributed by atoms with Gasteiger partial charge in [-0.1, -0.05) is 12.1 Å². The first-order valence-corrected chi connectivity index (χ1v) is 6.21. The smallest absolute Gasteiger partial charge is 0.387 e. The van der Waals surface area contributed by atoms with Crippen LogP contribution in [-0.2, 0) is 9.53 Å². The fourth-order valence-corrected chi connectivity index (χ4v) is 1.50. The largest absolute Gasteiger partial charge is 0.480 e. The Balaban J connectivity index is 2.72. The van der Waals surface area contributed by atoms with Gasteiger partial charge in [0.1, 0.15) is 5.75 Å². The minimum Gasteiger partial charge on any atom is -0.480 e. The van der Waals surface area contributed by atoms with E-state index in [2.05, 4.69) is 16.6 Å². The molecule has 0 spiro atoms. The summed E-state index contributed by atoms with van der Waals surface area (Å²) in [6, 6.07) is 3.76. The van der Waals surface area contributed by atoms with Crippen LogP contribution in [0.5, 0.6) is 5.75 Å². The third-order valence-electron chi connectivity index (χ3n) is 2.45. The number of hydrogen-bond acceptors (Lipinski definition) is 4. The first-order chi connectivity index (χ1) is 10.4. The topological polar surface area (TPSA) is 84.9 Å². The summed E-state index contributed by atoms with van der Waals surface area (Å²) in [5.74, 6) is -2.22. The number of carboxylic acid groups (broad SMARTS) is 1. The second-order valence-corrected chi connectivity index (χ2v) is 4.10. The maximum atomic E-state index is 12.1. The number of hydrogen-bond donors (Lipinski definition) is 2. The Kier molecular flexibility index (Phi) is 6.97. The summed E-state index contributed by atoms with van der Waals surface area (Å²) in [6.07, 6.45) is 1.44. The van der Waals surface area contributed by atoms with Crippen molar-refractivity contribution in [1.29, 1.82) is 0 Å². The fourth-order valence-electron chi connectivity index (χ4n) is 1.50. The number of ether oxygens (including phenoxy) is 2. The molecule has 22 heavy (non-hydrogen) atoms. The molecule has 1 atom stereocenters. The molecule has 6 nitrogen and oxygen atoms in total. The summed E-state index contributed by atoms with van der Waals surface area (Å²) in [6.45, 7) is 0.280. The first kappa shape index (κ1) is 17.6. The van der Waals surface area contributed by atoms with Crippen molar-refractivity contribution in [3.05, 3.63) is 42.5 Å². The van der Waals surface area contributed by atoms with Crippen molar-refractivity contribution in [2.75, 3.05) is 13.2 Å². The van der Waals surface area contributed by atoms with Crippen LogP contribution in [0.3, 0.4) is 0 Å². The second-order valence-electron chi connectivity index (χ2n) is 4.10. The Morgan fingerprint density at radius 1 is 1.41 bits per heavy atom. The third-order valence-corrected chi connectivity index (χ3v) is 2.45. The molecule has 0 heterocycles. The van der Waals surface area contributed by atoms with E-state index in [0.717, 1.165) is 6.07 Å². The molecule has 0 saturated carbocycles. The standard InChI is InChI=1S/C14H15F2NO5/c1-2-6-21-8-11(13(19)20)17-12(18)9-4-3-5-10(7-9)22-14(15)16/h2-5,7,11,14H,1,6,8H2,(H,17,18)(H,19,20). The van der Waals surface area contributed by atoms with E-state index in [1.807, 2.05) is 0 Å². The van der Waals surface area contributed by atoms with Gasteiger partial charge < -0.3 is 19.9 Å². The number of carbonyl (C=O) groups is 2. The van der Waals surface area contributed by atoms with Crippen molar-refractivity contribution in [2.24, 2.45) is 0 Å². The summed E-state index contributed by atoms with van der Waals surface area (Å²) < 4.78 is 33.4. The van der Waals surface area contributed by atoms with Gasteiger partial charge in [0.05, 0.1) is 13.2 Å². The molecule has 1 aromatic carbocycles. The van der Waals surface area contributed by atoms with Gasteiger partial charge in [-0.05, 0) is 18.2 Å². The van der Waals surface area contributed by atoms with Crippen molar-refractivity contribution in [2.45, 2.75) is 12.7 Å². The van der Waals surface area contributed by atoms with Crippen LogP contribution < -0.4 is 10.1 Å². The van der Waals surface area contributed by atoms with Crippen molar-refractivity contribution in [3.63, 3.8) is 0 Å². The maximum Gasteiger partial charge on any atom is 0.387 e. The molecule has 8 heteroatoms. The molecular weight excluding hydrogens is 300 g/mol. The molecule has 0 bridgehead atoms. The van der Waals surface area contributed by atoms with Crippen LogP contribution in [0.2, 0.25) is 0 Å². The van der Waals surface area contributed by atoms with Crippen molar-refractivity contribution in [1.82, 2.24) is 5.32 Å². The molecule has 0 aromatic heterocycles. The SMILES string of the molecule is C=CCOCC(NC(=O)c1cccc(OC(F)F)c1)C(=O)O. The monoisotopic (exact) mass is 315 g/mol. The van der Waals surface area contributed by atoms with Crippen LogP contribution in [0.4, 0.5) is 8.78 Å². The van der Waals surface area contributed by atoms with Crippen LogP contribution in [0.25, 0.3) is 0 Å². The maximum absolute atomic E-state index is 12.1. The van der Waals surface area contributed by atoms with E-state index in [1.54, 1.807) is 0 Å². The van der Waals surface area contributed by atoms with Gasteiger partial charge in [-0.3, -0.25) is 4.79 Å². The lowest BCUT2D eigenvalue weighted by atomic mass is 10.2. The molecule has 2 N–H and O–H groups in total. The van der Waals surface area contributed by atoms with Gasteiger partial charge in [-0.15, -0.1) is 6.58 Å². The number of halogens is 2. The molecule has 120 valence electrons. The average molecular weight is 315 g/mol. The van der Waals surface area contributed by atoms with Crippen LogP contribution in [0.1, 0.15) is 10.4 Å². The highest BCUT2D eigenvalue weighted by atomic mass is 19.3. The molecule has 1 unspecified atom stereocenters. The second kappa shape index (κ2) is 8.73. The molecule has 1 rings (SSSR count). The van der Waals surface area contributed by atoms with E-state index in [-0.39, 0.29) is 24.5 Å². The van der Waals surface area contributed by atoms with Crippen LogP contribution >= 0.6 is 0 Å². The van der Waals surface area contributed by atoms with Gasteiger partial charge in [0.2, 0.25) is 0 Å². The van der Waals surface area contributed by atoms with Gasteiger partial charge in [0, 0.05) is 5.56 Å². The number of carboxylic acids is 1. The lowest BCUT2D eigenvalue weighted by Crippen LogP contribution is -2.44. The van der Waals surface area contributed by atoms with Gasteiger partial charge in [-0.2, -0.15) is 8.78 Å². The molecule has 1 aromatic rings. The van der Waals surface area contributed by atoms with Gasteiger partial charge in [-0.25, -0.2) is 4.79 Å². The Bertz CT molecular complexity index is 536. The molecule has 0 aliphatic rings. The highest BCUT2D eigenvalue weighted by Crippen LogP contribution is 2.16. The summed E-state index contributed by atoms with van der Waals surface area (Å²) in [4.78, 5) is 23.0. The zero-order valence-corrected chi connectivity index (χ0v) is 11.5. The number of aliphatic carboxylic acids is 1. The summed E-state index contributed by atoms with van der Waals surface area (Å²) >= 11 is 0. The van der Waals surface area contributed by atoms with Crippen molar-refractivity contribution in [3.8, 4) is 5.75 Å². The third kappa shape index (κ3) is 5.88. The minimum absolute atomic E-state index is 0.00637. The molecule has 0 fully saturated rings. The Morgan fingerprint density at radius 2 is 2.14 bits per heavy atom. The fraction of sp³-hybridized carbons (Fsp3) is 0.286. The quantitative estimate of drug-likeness (QED) is 0.535. The Labute approximate surface area is 125 Å². The number of amides is 1. The van der Waals surface area contributed by atoms with Gasteiger partial charge in [0.25, 0.3) is 5.91 Å². The lowest BCUT2D eigenvalue weighted by molar-refractivity contribution is -0.140. The lowest BCUT2D eigenvalue weighted by Gasteiger charge is -2.14. The van der Waals surface area contributed by atoms with E-state index in [4.69, 9.17) is 9.84 Å². The van der Waals surface area contributed by atoms with Crippen molar-refractivity contribution < 1.29 is 33.0 Å². The molecular formula is C14H15F2NO5. The van der Waals surface area contributed by atoms with E-state index < -0.39 is 24.5 Å². The first-order valence-electron chi connectivity index (χ1n) is 6.21. The van der Waals surface area contributed by atoms with Crippen LogP contribution in [0.15, 0.2) is 36.9 Å². The minimum atomic E-state index is -3.02. The predicted molar refractivity (Wildman–Crippen MR) is 73.0 cm³/mol. The van der Waals surface area contributed by atoms with E-state index in [0.29, 0.717) is 0 Å².